The van der Waals surface area contributed by atoms with Gasteiger partial charge in [-0.3, -0.25) is 4.79 Å². The van der Waals surface area contributed by atoms with Crippen LogP contribution in [0.25, 0.3) is 0 Å². The second-order valence-corrected chi connectivity index (χ2v) is 7.59. The maximum absolute atomic E-state index is 12.2. The van der Waals surface area contributed by atoms with E-state index in [4.69, 9.17) is 0 Å². The Morgan fingerprint density at radius 1 is 1.23 bits per heavy atom. The molecule has 1 aromatic carbocycles. The number of anilines is 2. The Kier molecular flexibility index (Phi) is 4.70. The SMILES string of the molecule is CC(=O)Nc1cccc(NC(=O)N(C)C2CCS(=O)(=O)C2)c1. The third-order valence-electron chi connectivity index (χ3n) is 3.51. The van der Waals surface area contributed by atoms with Gasteiger partial charge in [0.05, 0.1) is 11.5 Å². The molecule has 0 bridgehead atoms. The molecule has 0 aliphatic carbocycles. The Hall–Kier alpha value is -2.09. The minimum Gasteiger partial charge on any atom is -0.326 e. The Morgan fingerprint density at radius 3 is 2.41 bits per heavy atom. The van der Waals surface area contributed by atoms with Gasteiger partial charge in [0.2, 0.25) is 5.91 Å². The van der Waals surface area contributed by atoms with Crippen LogP contribution in [0.1, 0.15) is 13.3 Å². The monoisotopic (exact) mass is 325 g/mol. The van der Waals surface area contributed by atoms with Crippen molar-refractivity contribution in [2.24, 2.45) is 0 Å². The lowest BCUT2D eigenvalue weighted by atomic mass is 10.2. The van der Waals surface area contributed by atoms with Gasteiger partial charge in [0.25, 0.3) is 0 Å². The molecule has 0 aromatic heterocycles. The molecule has 1 atom stereocenters. The lowest BCUT2D eigenvalue weighted by Crippen LogP contribution is -2.40. The van der Waals surface area contributed by atoms with Crippen molar-refractivity contribution in [3.63, 3.8) is 0 Å². The number of sulfone groups is 1. The topological polar surface area (TPSA) is 95.6 Å². The Labute approximate surface area is 129 Å². The maximum Gasteiger partial charge on any atom is 0.321 e. The Morgan fingerprint density at radius 2 is 1.86 bits per heavy atom. The zero-order valence-electron chi connectivity index (χ0n) is 12.5. The number of nitrogens with one attached hydrogen (secondary N) is 2. The molecule has 3 amide bonds. The summed E-state index contributed by atoms with van der Waals surface area (Å²) in [6, 6.07) is 6.08. The summed E-state index contributed by atoms with van der Waals surface area (Å²) in [5, 5.41) is 5.33. The molecule has 1 aliphatic rings. The molecule has 0 radical (unpaired) electrons. The van der Waals surface area contributed by atoms with Crippen molar-refractivity contribution in [3.8, 4) is 0 Å². The van der Waals surface area contributed by atoms with E-state index in [2.05, 4.69) is 10.6 Å². The van der Waals surface area contributed by atoms with Gasteiger partial charge in [-0.15, -0.1) is 0 Å². The zero-order chi connectivity index (χ0) is 16.3. The lowest BCUT2D eigenvalue weighted by molar-refractivity contribution is -0.114. The van der Waals surface area contributed by atoms with E-state index in [1.165, 1.54) is 11.8 Å². The summed E-state index contributed by atoms with van der Waals surface area (Å²) in [4.78, 5) is 24.6. The third-order valence-corrected chi connectivity index (χ3v) is 5.26. The van der Waals surface area contributed by atoms with E-state index in [0.29, 0.717) is 17.8 Å². The number of rotatable bonds is 3. The first kappa shape index (κ1) is 16.3. The maximum atomic E-state index is 12.2. The van der Waals surface area contributed by atoms with Gasteiger partial charge < -0.3 is 15.5 Å². The van der Waals surface area contributed by atoms with E-state index in [1.54, 1.807) is 31.3 Å². The molecule has 1 saturated heterocycles. The average molecular weight is 325 g/mol. The summed E-state index contributed by atoms with van der Waals surface area (Å²) in [5.74, 6) is -0.0763. The van der Waals surface area contributed by atoms with Crippen molar-refractivity contribution in [1.82, 2.24) is 4.90 Å². The number of nitrogens with zero attached hydrogens (tertiary/aromatic N) is 1. The van der Waals surface area contributed by atoms with Gasteiger partial charge in [-0.2, -0.15) is 0 Å². The van der Waals surface area contributed by atoms with Crippen molar-refractivity contribution in [3.05, 3.63) is 24.3 Å². The molecule has 0 spiro atoms. The zero-order valence-corrected chi connectivity index (χ0v) is 13.3. The molecule has 1 aromatic rings. The molecule has 120 valence electrons. The van der Waals surface area contributed by atoms with Crippen LogP contribution in [0.5, 0.6) is 0 Å². The smallest absolute Gasteiger partial charge is 0.321 e. The number of hydrogen-bond acceptors (Lipinski definition) is 4. The first-order valence-electron chi connectivity index (χ1n) is 6.89. The van der Waals surface area contributed by atoms with Gasteiger partial charge in [0, 0.05) is 31.4 Å². The summed E-state index contributed by atoms with van der Waals surface area (Å²) in [7, 11) is -1.45. The van der Waals surface area contributed by atoms with Crippen LogP contribution in [0.15, 0.2) is 24.3 Å². The van der Waals surface area contributed by atoms with Crippen LogP contribution in [0.4, 0.5) is 16.2 Å². The van der Waals surface area contributed by atoms with Crippen LogP contribution >= 0.6 is 0 Å². The molecule has 1 heterocycles. The van der Waals surface area contributed by atoms with Crippen LogP contribution in [-0.4, -0.2) is 49.9 Å². The van der Waals surface area contributed by atoms with Crippen molar-refractivity contribution in [2.75, 3.05) is 29.2 Å². The van der Waals surface area contributed by atoms with Gasteiger partial charge >= 0.3 is 6.03 Å². The first-order chi connectivity index (χ1) is 10.3. The molecular weight excluding hydrogens is 306 g/mol. The molecule has 0 saturated carbocycles. The average Bonchev–Trinajstić information content (AvgIpc) is 2.77. The molecular formula is C14H19N3O4S. The van der Waals surface area contributed by atoms with E-state index in [-0.39, 0.29) is 29.5 Å². The first-order valence-corrected chi connectivity index (χ1v) is 8.71. The van der Waals surface area contributed by atoms with Crippen molar-refractivity contribution in [2.45, 2.75) is 19.4 Å². The lowest BCUT2D eigenvalue weighted by Gasteiger charge is -2.23. The molecule has 8 heteroatoms. The number of carbonyl (C=O) groups is 2. The normalized spacial score (nSPS) is 19.5. The highest BCUT2D eigenvalue weighted by Gasteiger charge is 2.32. The molecule has 2 rings (SSSR count). The predicted octanol–water partition coefficient (Wildman–Crippen LogP) is 1.30. The summed E-state index contributed by atoms with van der Waals surface area (Å²) >= 11 is 0. The van der Waals surface area contributed by atoms with Gasteiger partial charge in [0.1, 0.15) is 0 Å². The quantitative estimate of drug-likeness (QED) is 0.875. The highest BCUT2D eigenvalue weighted by molar-refractivity contribution is 7.91. The fourth-order valence-corrected chi connectivity index (χ4v) is 4.11. The van der Waals surface area contributed by atoms with Crippen LogP contribution < -0.4 is 10.6 Å². The predicted molar refractivity (Wildman–Crippen MR) is 84.6 cm³/mol. The second kappa shape index (κ2) is 6.35. The van der Waals surface area contributed by atoms with Gasteiger partial charge in [-0.05, 0) is 24.6 Å². The van der Waals surface area contributed by atoms with Crippen molar-refractivity contribution < 1.29 is 18.0 Å². The summed E-state index contributed by atoms with van der Waals surface area (Å²) < 4.78 is 23.0. The van der Waals surface area contributed by atoms with E-state index in [0.717, 1.165) is 0 Å². The molecule has 1 fully saturated rings. The molecule has 22 heavy (non-hydrogen) atoms. The van der Waals surface area contributed by atoms with Crippen LogP contribution in [-0.2, 0) is 14.6 Å². The minimum absolute atomic E-state index is 0.00283. The van der Waals surface area contributed by atoms with Crippen LogP contribution in [0.2, 0.25) is 0 Å². The molecule has 1 aliphatic heterocycles. The van der Waals surface area contributed by atoms with E-state index in [9.17, 15) is 18.0 Å². The number of hydrogen-bond donors (Lipinski definition) is 2. The Bertz CT molecular complexity index is 687. The van der Waals surface area contributed by atoms with Gasteiger partial charge in [-0.25, -0.2) is 13.2 Å². The molecule has 7 nitrogen and oxygen atoms in total. The molecule has 1 unspecified atom stereocenters. The summed E-state index contributed by atoms with van der Waals surface area (Å²) in [5.41, 5.74) is 1.11. The standard InChI is InChI=1S/C14H19N3O4S/c1-10(18)15-11-4-3-5-12(8-11)16-14(19)17(2)13-6-7-22(20,21)9-13/h3-5,8,13H,6-7,9H2,1-2H3,(H,15,18)(H,16,19). The van der Waals surface area contributed by atoms with Crippen LogP contribution in [0, 0.1) is 0 Å². The van der Waals surface area contributed by atoms with Crippen molar-refractivity contribution >= 4 is 33.2 Å². The van der Waals surface area contributed by atoms with Crippen LogP contribution in [0.3, 0.4) is 0 Å². The summed E-state index contributed by atoms with van der Waals surface area (Å²) in [6.07, 6.45) is 0.457. The number of urea groups is 1. The number of carbonyl (C=O) groups excluding carboxylic acids is 2. The fourth-order valence-electron chi connectivity index (χ4n) is 2.34. The van der Waals surface area contributed by atoms with Crippen molar-refractivity contribution in [1.29, 1.82) is 0 Å². The highest BCUT2D eigenvalue weighted by Crippen LogP contribution is 2.19. The third kappa shape index (κ3) is 4.20. The highest BCUT2D eigenvalue weighted by atomic mass is 32.2. The second-order valence-electron chi connectivity index (χ2n) is 5.36. The molecule has 2 N–H and O–H groups in total. The van der Waals surface area contributed by atoms with E-state index in [1.807, 2.05) is 0 Å². The van der Waals surface area contributed by atoms with E-state index < -0.39 is 9.84 Å². The Balaban J connectivity index is 2.01. The number of amides is 3. The number of benzene rings is 1. The van der Waals surface area contributed by atoms with Gasteiger partial charge in [-0.1, -0.05) is 6.07 Å². The minimum atomic E-state index is -3.04. The van der Waals surface area contributed by atoms with Gasteiger partial charge in [0.15, 0.2) is 9.84 Å². The fraction of sp³-hybridized carbons (Fsp3) is 0.429. The summed E-state index contributed by atoms with van der Waals surface area (Å²) in [6.45, 7) is 1.40. The largest absolute Gasteiger partial charge is 0.326 e. The van der Waals surface area contributed by atoms with E-state index >= 15 is 0 Å².